The van der Waals surface area contributed by atoms with Crippen LogP contribution < -0.4 is 0 Å². The SMILES string of the molecule is COC(=O)C1=Cc2c(nc(CN3CCCCC3)n2CC2CCO2)CC1. The highest BCUT2D eigenvalue weighted by Crippen LogP contribution is 2.28. The Hall–Kier alpha value is -1.66. The lowest BCUT2D eigenvalue weighted by Crippen LogP contribution is -2.34. The maximum atomic E-state index is 11.9. The molecule has 3 aliphatic rings. The van der Waals surface area contributed by atoms with Crippen molar-refractivity contribution in [2.75, 3.05) is 26.8 Å². The van der Waals surface area contributed by atoms with Gasteiger partial charge in [0.1, 0.15) is 5.82 Å². The van der Waals surface area contributed by atoms with Gasteiger partial charge in [0.15, 0.2) is 0 Å². The molecule has 0 spiro atoms. The van der Waals surface area contributed by atoms with Crippen LogP contribution in [0.25, 0.3) is 6.08 Å². The van der Waals surface area contributed by atoms with Gasteiger partial charge in [-0.25, -0.2) is 9.78 Å². The van der Waals surface area contributed by atoms with Crippen LogP contribution in [0.2, 0.25) is 0 Å². The van der Waals surface area contributed by atoms with Crippen LogP contribution in [0.5, 0.6) is 0 Å². The highest BCUT2D eigenvalue weighted by atomic mass is 16.5. The van der Waals surface area contributed by atoms with Gasteiger partial charge in [0.25, 0.3) is 0 Å². The Bertz CT molecular complexity index is 670. The van der Waals surface area contributed by atoms with Crippen molar-refractivity contribution < 1.29 is 14.3 Å². The fraction of sp³-hybridized carbons (Fsp3) is 0.684. The summed E-state index contributed by atoms with van der Waals surface area (Å²) in [5.74, 6) is 0.889. The number of carbonyl (C=O) groups is 1. The zero-order valence-corrected chi connectivity index (χ0v) is 15.0. The topological polar surface area (TPSA) is 56.6 Å². The number of esters is 1. The van der Waals surface area contributed by atoms with Crippen LogP contribution in [-0.2, 0) is 33.8 Å². The number of carbonyl (C=O) groups excluding carboxylic acids is 1. The summed E-state index contributed by atoms with van der Waals surface area (Å²) >= 11 is 0. The van der Waals surface area contributed by atoms with E-state index in [4.69, 9.17) is 14.5 Å². The van der Waals surface area contributed by atoms with Crippen molar-refractivity contribution in [3.8, 4) is 0 Å². The number of methoxy groups -OCH3 is 1. The van der Waals surface area contributed by atoms with Crippen LogP contribution in [0.1, 0.15) is 49.3 Å². The lowest BCUT2D eigenvalue weighted by molar-refractivity contribution is -0.136. The summed E-state index contributed by atoms with van der Waals surface area (Å²) in [6.45, 7) is 4.88. The molecule has 0 radical (unpaired) electrons. The molecule has 1 aromatic heterocycles. The quantitative estimate of drug-likeness (QED) is 0.766. The van der Waals surface area contributed by atoms with Crippen molar-refractivity contribution >= 4 is 12.0 Å². The third kappa shape index (κ3) is 3.51. The highest BCUT2D eigenvalue weighted by molar-refractivity contribution is 5.94. The Labute approximate surface area is 148 Å². The standard InChI is InChI=1S/C19H27N3O3/c1-24-19(23)14-5-6-16-17(11-14)22(12-15-7-10-25-15)18(20-16)13-21-8-3-2-4-9-21/h11,15H,2-10,12-13H2,1H3. The molecule has 0 amide bonds. The molecule has 2 saturated heterocycles. The Morgan fingerprint density at radius 3 is 2.80 bits per heavy atom. The summed E-state index contributed by atoms with van der Waals surface area (Å²) in [6.07, 6.45) is 8.76. The van der Waals surface area contributed by atoms with E-state index < -0.39 is 0 Å². The number of likely N-dealkylation sites (tertiary alicyclic amines) is 1. The average Bonchev–Trinajstić information content (AvgIpc) is 2.94. The first kappa shape index (κ1) is 16.8. The number of aromatic nitrogens is 2. The number of nitrogens with zero attached hydrogens (tertiary/aromatic N) is 3. The summed E-state index contributed by atoms with van der Waals surface area (Å²) in [6, 6.07) is 0. The van der Waals surface area contributed by atoms with E-state index in [9.17, 15) is 4.79 Å². The van der Waals surface area contributed by atoms with Crippen LogP contribution in [0, 0.1) is 0 Å². The normalized spacial score (nSPS) is 23.6. The van der Waals surface area contributed by atoms with Gasteiger partial charge in [-0.3, -0.25) is 4.90 Å². The minimum absolute atomic E-state index is 0.226. The van der Waals surface area contributed by atoms with Crippen LogP contribution in [0.4, 0.5) is 0 Å². The van der Waals surface area contributed by atoms with E-state index in [0.29, 0.717) is 6.42 Å². The molecule has 3 heterocycles. The molecule has 2 fully saturated rings. The van der Waals surface area contributed by atoms with Crippen molar-refractivity contribution in [3.63, 3.8) is 0 Å². The second kappa shape index (κ2) is 7.30. The number of rotatable bonds is 5. The summed E-state index contributed by atoms with van der Waals surface area (Å²) in [7, 11) is 1.44. The fourth-order valence-corrected chi connectivity index (χ4v) is 3.97. The minimum Gasteiger partial charge on any atom is -0.466 e. The number of hydrogen-bond donors (Lipinski definition) is 0. The molecule has 0 aromatic carbocycles. The predicted molar refractivity (Wildman–Crippen MR) is 94.0 cm³/mol. The molecule has 6 heteroatoms. The molecule has 1 aromatic rings. The molecule has 4 rings (SSSR count). The molecule has 136 valence electrons. The van der Waals surface area contributed by atoms with E-state index in [1.165, 1.54) is 26.4 Å². The molecular formula is C19H27N3O3. The van der Waals surface area contributed by atoms with Gasteiger partial charge in [0, 0.05) is 12.2 Å². The van der Waals surface area contributed by atoms with Crippen molar-refractivity contribution in [2.45, 2.75) is 57.7 Å². The number of ether oxygens (including phenoxy) is 2. The van der Waals surface area contributed by atoms with Gasteiger partial charge in [0.05, 0.1) is 37.7 Å². The number of fused-ring (bicyclic) bond motifs is 1. The zero-order chi connectivity index (χ0) is 17.2. The predicted octanol–water partition coefficient (Wildman–Crippen LogP) is 2.16. The van der Waals surface area contributed by atoms with Crippen LogP contribution in [-0.4, -0.2) is 53.3 Å². The molecule has 1 aliphatic carbocycles. The fourth-order valence-electron chi connectivity index (χ4n) is 3.97. The van der Waals surface area contributed by atoms with Crippen LogP contribution in [0.3, 0.4) is 0 Å². The second-order valence-electron chi connectivity index (χ2n) is 7.25. The van der Waals surface area contributed by atoms with E-state index in [2.05, 4.69) is 9.47 Å². The molecule has 2 aliphatic heterocycles. The van der Waals surface area contributed by atoms with Crippen molar-refractivity contribution in [1.82, 2.24) is 14.5 Å². The lowest BCUT2D eigenvalue weighted by atomic mass is 10.00. The smallest absolute Gasteiger partial charge is 0.333 e. The van der Waals surface area contributed by atoms with Crippen molar-refractivity contribution in [2.24, 2.45) is 0 Å². The molecule has 0 saturated carbocycles. The maximum absolute atomic E-state index is 11.9. The summed E-state index contributed by atoms with van der Waals surface area (Å²) in [5.41, 5.74) is 2.93. The molecule has 0 bridgehead atoms. The van der Waals surface area contributed by atoms with Gasteiger partial charge in [0.2, 0.25) is 0 Å². The van der Waals surface area contributed by atoms with Gasteiger partial charge in [-0.2, -0.15) is 0 Å². The summed E-state index contributed by atoms with van der Waals surface area (Å²) in [5, 5.41) is 0. The van der Waals surface area contributed by atoms with E-state index in [0.717, 1.165) is 68.4 Å². The van der Waals surface area contributed by atoms with E-state index >= 15 is 0 Å². The molecule has 25 heavy (non-hydrogen) atoms. The van der Waals surface area contributed by atoms with Crippen molar-refractivity contribution in [1.29, 1.82) is 0 Å². The Morgan fingerprint density at radius 1 is 1.32 bits per heavy atom. The first-order chi connectivity index (χ1) is 12.2. The third-order valence-corrected chi connectivity index (χ3v) is 5.55. The number of hydrogen-bond acceptors (Lipinski definition) is 5. The first-order valence-corrected chi connectivity index (χ1v) is 9.45. The second-order valence-corrected chi connectivity index (χ2v) is 7.25. The first-order valence-electron chi connectivity index (χ1n) is 9.45. The van der Waals surface area contributed by atoms with Gasteiger partial charge in [-0.15, -0.1) is 0 Å². The maximum Gasteiger partial charge on any atom is 0.333 e. The molecule has 6 nitrogen and oxygen atoms in total. The van der Waals surface area contributed by atoms with Gasteiger partial charge in [-0.05, 0) is 51.3 Å². The highest BCUT2D eigenvalue weighted by Gasteiger charge is 2.27. The van der Waals surface area contributed by atoms with Gasteiger partial charge in [-0.1, -0.05) is 6.42 Å². The molecular weight excluding hydrogens is 318 g/mol. The molecule has 0 N–H and O–H groups in total. The van der Waals surface area contributed by atoms with Crippen LogP contribution in [0.15, 0.2) is 5.57 Å². The monoisotopic (exact) mass is 345 g/mol. The molecule has 1 atom stereocenters. The summed E-state index contributed by atoms with van der Waals surface area (Å²) in [4.78, 5) is 19.4. The Kier molecular flexibility index (Phi) is 4.90. The third-order valence-electron chi connectivity index (χ3n) is 5.55. The summed E-state index contributed by atoms with van der Waals surface area (Å²) < 4.78 is 12.9. The van der Waals surface area contributed by atoms with Crippen LogP contribution >= 0.6 is 0 Å². The number of piperidine rings is 1. The zero-order valence-electron chi connectivity index (χ0n) is 15.0. The van der Waals surface area contributed by atoms with E-state index in [1.54, 1.807) is 0 Å². The van der Waals surface area contributed by atoms with Gasteiger partial charge >= 0.3 is 5.97 Å². The minimum atomic E-state index is -0.226. The number of imidazole rings is 1. The molecule has 1 unspecified atom stereocenters. The average molecular weight is 345 g/mol. The van der Waals surface area contributed by atoms with E-state index in [-0.39, 0.29) is 12.1 Å². The Balaban J connectivity index is 1.63. The van der Waals surface area contributed by atoms with Crippen molar-refractivity contribution in [3.05, 3.63) is 22.8 Å². The largest absolute Gasteiger partial charge is 0.466 e. The number of aryl methyl sites for hydroxylation is 1. The van der Waals surface area contributed by atoms with Gasteiger partial charge < -0.3 is 14.0 Å². The lowest BCUT2D eigenvalue weighted by Gasteiger charge is -2.30. The Morgan fingerprint density at radius 2 is 2.12 bits per heavy atom. The van der Waals surface area contributed by atoms with E-state index in [1.807, 2.05) is 6.08 Å².